The summed E-state index contributed by atoms with van der Waals surface area (Å²) in [5.41, 5.74) is 0.523. The van der Waals surface area contributed by atoms with Gasteiger partial charge in [0, 0.05) is 11.1 Å². The number of halogens is 2. The van der Waals surface area contributed by atoms with Gasteiger partial charge in [-0.1, -0.05) is 11.6 Å². The van der Waals surface area contributed by atoms with E-state index in [9.17, 15) is 4.79 Å². The van der Waals surface area contributed by atoms with E-state index in [4.69, 9.17) is 11.6 Å². The summed E-state index contributed by atoms with van der Waals surface area (Å²) < 4.78 is 1.26. The highest BCUT2D eigenvalue weighted by Crippen LogP contribution is 2.21. The fraction of sp³-hybridized carbons (Fsp3) is 0.0909. The molecule has 0 fully saturated rings. The van der Waals surface area contributed by atoms with Gasteiger partial charge in [-0.25, -0.2) is 4.98 Å². The fourth-order valence-electron chi connectivity index (χ4n) is 1.26. The highest BCUT2D eigenvalue weighted by Gasteiger charge is 2.10. The van der Waals surface area contributed by atoms with Crippen LogP contribution in [0.4, 0.5) is 0 Å². The van der Waals surface area contributed by atoms with E-state index in [-0.39, 0.29) is 5.91 Å². The molecule has 0 aliphatic rings. The van der Waals surface area contributed by atoms with Crippen LogP contribution in [-0.2, 0) is 6.54 Å². The summed E-state index contributed by atoms with van der Waals surface area (Å²) in [4.78, 5) is 16.8. The predicted molar refractivity (Wildman–Crippen MR) is 72.4 cm³/mol. The van der Waals surface area contributed by atoms with E-state index >= 15 is 0 Å². The van der Waals surface area contributed by atoms with Crippen molar-refractivity contribution in [3.05, 3.63) is 49.8 Å². The lowest BCUT2D eigenvalue weighted by Gasteiger charge is -2.04. The molecule has 2 heterocycles. The van der Waals surface area contributed by atoms with Crippen LogP contribution < -0.4 is 5.32 Å². The molecule has 0 saturated carbocycles. The van der Waals surface area contributed by atoms with E-state index in [0.29, 0.717) is 16.7 Å². The summed E-state index contributed by atoms with van der Waals surface area (Å²) in [6.07, 6.45) is 1.62. The first-order chi connectivity index (χ1) is 8.16. The van der Waals surface area contributed by atoms with Gasteiger partial charge in [-0.2, -0.15) is 0 Å². The van der Waals surface area contributed by atoms with Crippen LogP contribution in [0.25, 0.3) is 0 Å². The number of carbonyl (C=O) groups excluding carboxylic acids is 1. The summed E-state index contributed by atoms with van der Waals surface area (Å²) >= 11 is 10.5. The SMILES string of the molecule is O=C(NCc1ccc(Cl)s1)c1cccnc1Br. The molecule has 0 aliphatic heterocycles. The summed E-state index contributed by atoms with van der Waals surface area (Å²) in [7, 11) is 0. The van der Waals surface area contributed by atoms with Gasteiger partial charge in [0.05, 0.1) is 16.4 Å². The molecule has 0 atom stereocenters. The third kappa shape index (κ3) is 3.28. The standard InChI is InChI=1S/C11H8BrClN2OS/c12-10-8(2-1-5-14-10)11(16)15-6-7-3-4-9(13)17-7/h1-5H,6H2,(H,15,16). The molecule has 0 aromatic carbocycles. The zero-order valence-electron chi connectivity index (χ0n) is 8.61. The first-order valence-electron chi connectivity index (χ1n) is 4.80. The van der Waals surface area contributed by atoms with Crippen LogP contribution in [0.3, 0.4) is 0 Å². The number of hydrogen-bond acceptors (Lipinski definition) is 3. The molecule has 2 aromatic rings. The number of nitrogens with one attached hydrogen (secondary N) is 1. The van der Waals surface area contributed by atoms with Crippen molar-refractivity contribution in [2.75, 3.05) is 0 Å². The summed E-state index contributed by atoms with van der Waals surface area (Å²) in [5, 5.41) is 2.81. The third-order valence-corrected chi connectivity index (χ3v) is 3.92. The lowest BCUT2D eigenvalue weighted by Crippen LogP contribution is -2.22. The second kappa shape index (κ2) is 5.62. The van der Waals surface area contributed by atoms with Crippen LogP contribution >= 0.6 is 38.9 Å². The maximum atomic E-state index is 11.8. The van der Waals surface area contributed by atoms with Gasteiger partial charge in [0.15, 0.2) is 0 Å². The Morgan fingerprint density at radius 2 is 2.29 bits per heavy atom. The molecular weight excluding hydrogens is 324 g/mol. The average molecular weight is 332 g/mol. The predicted octanol–water partition coefficient (Wildman–Crippen LogP) is 3.49. The molecular formula is C11H8BrClN2OS. The zero-order chi connectivity index (χ0) is 12.3. The monoisotopic (exact) mass is 330 g/mol. The molecule has 17 heavy (non-hydrogen) atoms. The highest BCUT2D eigenvalue weighted by molar-refractivity contribution is 9.10. The molecule has 1 amide bonds. The molecule has 88 valence electrons. The maximum Gasteiger partial charge on any atom is 0.254 e. The Hall–Kier alpha value is -0.910. The van der Waals surface area contributed by atoms with Gasteiger partial charge in [0.1, 0.15) is 4.60 Å². The quantitative estimate of drug-likeness (QED) is 0.875. The number of amides is 1. The number of thiophene rings is 1. The Balaban J connectivity index is 2.01. The molecule has 0 aliphatic carbocycles. The van der Waals surface area contributed by atoms with Crippen molar-refractivity contribution in [1.29, 1.82) is 0 Å². The minimum Gasteiger partial charge on any atom is -0.347 e. The van der Waals surface area contributed by atoms with E-state index in [1.54, 1.807) is 18.3 Å². The van der Waals surface area contributed by atoms with Crippen LogP contribution in [0.2, 0.25) is 4.34 Å². The topological polar surface area (TPSA) is 42.0 Å². The van der Waals surface area contributed by atoms with Gasteiger partial charge < -0.3 is 5.32 Å². The van der Waals surface area contributed by atoms with Crippen LogP contribution in [0.5, 0.6) is 0 Å². The van der Waals surface area contributed by atoms with Crippen molar-refractivity contribution in [3.63, 3.8) is 0 Å². The molecule has 0 bridgehead atoms. The second-order valence-corrected chi connectivity index (χ2v) is 5.78. The van der Waals surface area contributed by atoms with E-state index in [1.165, 1.54) is 11.3 Å². The van der Waals surface area contributed by atoms with Crippen LogP contribution in [0.1, 0.15) is 15.2 Å². The van der Waals surface area contributed by atoms with Crippen LogP contribution in [0.15, 0.2) is 35.1 Å². The van der Waals surface area contributed by atoms with Crippen molar-refractivity contribution in [2.24, 2.45) is 0 Å². The number of carbonyl (C=O) groups is 1. The second-order valence-electron chi connectivity index (χ2n) is 3.23. The van der Waals surface area contributed by atoms with Gasteiger partial charge in [-0.3, -0.25) is 4.79 Å². The molecule has 0 saturated heterocycles. The van der Waals surface area contributed by atoms with Crippen LogP contribution in [0, 0.1) is 0 Å². The average Bonchev–Trinajstić information content (AvgIpc) is 2.73. The van der Waals surface area contributed by atoms with E-state index < -0.39 is 0 Å². The number of hydrogen-bond donors (Lipinski definition) is 1. The Morgan fingerprint density at radius 3 is 2.94 bits per heavy atom. The number of nitrogens with zero attached hydrogens (tertiary/aromatic N) is 1. The zero-order valence-corrected chi connectivity index (χ0v) is 11.8. The smallest absolute Gasteiger partial charge is 0.254 e. The van der Waals surface area contributed by atoms with Crippen molar-refractivity contribution < 1.29 is 4.79 Å². The number of aromatic nitrogens is 1. The highest BCUT2D eigenvalue weighted by atomic mass is 79.9. The van der Waals surface area contributed by atoms with Gasteiger partial charge in [0.2, 0.25) is 0 Å². The molecule has 0 radical (unpaired) electrons. The maximum absolute atomic E-state index is 11.8. The van der Waals surface area contributed by atoms with Gasteiger partial charge >= 0.3 is 0 Å². The number of rotatable bonds is 3. The molecule has 0 spiro atoms. The normalized spacial score (nSPS) is 10.2. The first kappa shape index (κ1) is 12.5. The van der Waals surface area contributed by atoms with Crippen LogP contribution in [-0.4, -0.2) is 10.9 Å². The van der Waals surface area contributed by atoms with Crippen molar-refractivity contribution in [1.82, 2.24) is 10.3 Å². The Bertz CT molecular complexity index is 544. The molecule has 3 nitrogen and oxygen atoms in total. The van der Waals surface area contributed by atoms with E-state index in [1.807, 2.05) is 12.1 Å². The Kier molecular flexibility index (Phi) is 4.15. The Labute approximate surface area is 116 Å². The summed E-state index contributed by atoms with van der Waals surface area (Å²) in [6.45, 7) is 0.470. The summed E-state index contributed by atoms with van der Waals surface area (Å²) in [6, 6.07) is 7.15. The number of pyridine rings is 1. The molecule has 2 rings (SSSR count). The van der Waals surface area contributed by atoms with Crippen molar-refractivity contribution in [2.45, 2.75) is 6.54 Å². The Morgan fingerprint density at radius 1 is 1.47 bits per heavy atom. The van der Waals surface area contributed by atoms with E-state index in [0.717, 1.165) is 9.21 Å². The fourth-order valence-corrected chi connectivity index (χ4v) is 2.72. The molecule has 6 heteroatoms. The lowest BCUT2D eigenvalue weighted by atomic mass is 10.2. The molecule has 1 N–H and O–H groups in total. The largest absolute Gasteiger partial charge is 0.347 e. The van der Waals surface area contributed by atoms with Gasteiger partial charge in [0.25, 0.3) is 5.91 Å². The van der Waals surface area contributed by atoms with Gasteiger partial charge in [-0.15, -0.1) is 11.3 Å². The molecule has 0 unspecified atom stereocenters. The van der Waals surface area contributed by atoms with E-state index in [2.05, 4.69) is 26.2 Å². The third-order valence-electron chi connectivity index (χ3n) is 2.06. The van der Waals surface area contributed by atoms with Crippen molar-refractivity contribution >= 4 is 44.8 Å². The first-order valence-corrected chi connectivity index (χ1v) is 6.78. The molecule has 2 aromatic heterocycles. The minimum atomic E-state index is -0.158. The van der Waals surface area contributed by atoms with Gasteiger partial charge in [-0.05, 0) is 40.2 Å². The summed E-state index contributed by atoms with van der Waals surface area (Å²) in [5.74, 6) is -0.158. The lowest BCUT2D eigenvalue weighted by molar-refractivity contribution is 0.0950. The van der Waals surface area contributed by atoms with Crippen molar-refractivity contribution in [3.8, 4) is 0 Å². The minimum absolute atomic E-state index is 0.158.